The van der Waals surface area contributed by atoms with E-state index in [1.807, 2.05) is 0 Å². The second kappa shape index (κ2) is 523. The van der Waals surface area contributed by atoms with Crippen molar-refractivity contribution in [3.05, 3.63) is 78.9 Å². The van der Waals surface area contributed by atoms with Crippen LogP contribution in [0.1, 0.15) is 0 Å². The molecule has 0 amide bonds. The molecule has 0 aromatic carbocycles. The first kappa shape index (κ1) is 179. The third kappa shape index (κ3) is 474. The van der Waals surface area contributed by atoms with Crippen LogP contribution < -0.4 is 0 Å². The van der Waals surface area contributed by atoms with E-state index in [0.717, 1.165) is 0 Å². The van der Waals surface area contributed by atoms with Crippen molar-refractivity contribution in [1.82, 2.24) is 0 Å². The summed E-state index contributed by atoms with van der Waals surface area (Å²) in [5.74, 6) is 0. The van der Waals surface area contributed by atoms with Gasteiger partial charge in [0.2, 0.25) is 0 Å². The molecule has 0 rings (SSSR count). The van der Waals surface area contributed by atoms with E-state index in [0.29, 0.717) is 0 Å². The molecular formula is C12N12OsRu2. The van der Waals surface area contributed by atoms with Gasteiger partial charge in [0.1, 0.15) is 0 Å². The van der Waals surface area contributed by atoms with Gasteiger partial charge in [-0.2, -0.15) is 0 Å². The second-order valence-corrected chi connectivity index (χ2v) is 0. The van der Waals surface area contributed by atoms with Gasteiger partial charge in [0.15, 0.2) is 0 Å². The van der Waals surface area contributed by atoms with E-state index in [1.54, 1.807) is 0 Å². The molecule has 27 heavy (non-hydrogen) atoms. The Morgan fingerprint density at radius 1 is 0.185 bits per heavy atom. The molecule has 15 heteroatoms. The Kier molecular flexibility index (Phi) is 3460. The summed E-state index contributed by atoms with van der Waals surface area (Å²) in [5.41, 5.74) is 0. The van der Waals surface area contributed by atoms with Crippen LogP contribution in [0.25, 0.3) is 0 Å². The summed E-state index contributed by atoms with van der Waals surface area (Å²) in [7, 11) is 0. The van der Waals surface area contributed by atoms with Gasteiger partial charge in [-0.1, -0.05) is 0 Å². The Bertz CT molecular complexity index is 226. The summed E-state index contributed by atoms with van der Waals surface area (Å²) in [6.45, 7) is 57.0. The molecule has 0 N–H and O–H groups in total. The standard InChI is InChI=1S/12CN.Os.2Ru/c12*1-2;;;/q12*-1;3*+4. The maximum absolute atomic E-state index is 6.25. The smallest absolute Gasteiger partial charge is 0.512 e. The Balaban J connectivity index is -0.00000000443. The number of nitrogens with zero attached hydrogens (tertiary/aromatic N) is 12. The van der Waals surface area contributed by atoms with Crippen LogP contribution in [0.5, 0.6) is 0 Å². The van der Waals surface area contributed by atoms with Crippen LogP contribution in [0.2, 0.25) is 0 Å². The molecular weight excluding hydrogens is 705 g/mol. The van der Waals surface area contributed by atoms with Gasteiger partial charge in [0.05, 0.1) is 0 Å². The summed E-state index contributed by atoms with van der Waals surface area (Å²) in [6.07, 6.45) is 0. The molecule has 0 spiro atoms. The molecule has 0 unspecified atom stereocenters. The molecule has 0 bridgehead atoms. The first-order valence-electron chi connectivity index (χ1n) is 2.68. The van der Waals surface area contributed by atoms with Crippen LogP contribution >= 0.6 is 0 Å². The van der Waals surface area contributed by atoms with Crippen molar-refractivity contribution in [3.8, 4) is 0 Å². The second-order valence-electron chi connectivity index (χ2n) is 0. The van der Waals surface area contributed by atoms with Gasteiger partial charge in [-0.15, -0.1) is 0 Å². The van der Waals surface area contributed by atoms with E-state index < -0.39 is 0 Å². The number of rotatable bonds is 0. The average Bonchev–Trinajstić information content (AvgIpc) is 2.84. The minimum atomic E-state index is 0. The molecule has 12 nitrogen and oxygen atoms in total. The van der Waals surface area contributed by atoms with E-state index in [2.05, 4.69) is 0 Å². The molecule has 0 fully saturated rings. The molecule has 0 aromatic rings. The fourth-order valence-electron chi connectivity index (χ4n) is 0. The van der Waals surface area contributed by atoms with Crippen LogP contribution in [0, 0.1) is 142 Å². The first-order chi connectivity index (χ1) is 12.0. The van der Waals surface area contributed by atoms with Gasteiger partial charge in [-0.05, 0) is 0 Å². The minimum absolute atomic E-state index is 0. The fourth-order valence-corrected chi connectivity index (χ4v) is 0. The van der Waals surface area contributed by atoms with Crippen LogP contribution in [0.3, 0.4) is 0 Å². The monoisotopic (exact) mass is 708 g/mol. The summed E-state index contributed by atoms with van der Waals surface area (Å²) < 4.78 is 0. The van der Waals surface area contributed by atoms with Crippen LogP contribution in [-0.2, 0) is 58.7 Å². The molecule has 0 heterocycles. The van der Waals surface area contributed by atoms with E-state index >= 15 is 0 Å². The largest absolute Gasteiger partial charge is 4.00 e. The molecule has 0 saturated carbocycles. The molecule has 0 radical (unpaired) electrons. The van der Waals surface area contributed by atoms with E-state index in [1.165, 1.54) is 0 Å². The third-order valence-electron chi connectivity index (χ3n) is 0. The van der Waals surface area contributed by atoms with Crippen LogP contribution in [0.4, 0.5) is 0 Å². The molecule has 0 aromatic heterocycles. The molecule has 0 aliphatic heterocycles. The van der Waals surface area contributed by atoms with Gasteiger partial charge in [-0.25, -0.2) is 0 Å². The van der Waals surface area contributed by atoms with Crippen molar-refractivity contribution in [2.24, 2.45) is 0 Å². The normalized spacial score (nSPS) is 0.889. The maximum atomic E-state index is 6.25. The Hall–Kier alpha value is -4.24. The van der Waals surface area contributed by atoms with E-state index in [-0.39, 0.29) is 58.7 Å². The topological polar surface area (TPSA) is 285 Å². The molecule has 0 aliphatic carbocycles. The van der Waals surface area contributed by atoms with E-state index in [4.69, 9.17) is 142 Å². The Morgan fingerprint density at radius 2 is 0.185 bits per heavy atom. The predicted octanol–water partition coefficient (Wildman–Crippen LogP) is 1.15. The predicted molar refractivity (Wildman–Crippen MR) is 59.6 cm³/mol. The van der Waals surface area contributed by atoms with Gasteiger partial charge < -0.3 is 142 Å². The summed E-state index contributed by atoms with van der Waals surface area (Å²) in [5, 5.41) is 75.0. The zero-order valence-electron chi connectivity index (χ0n) is 12.4. The molecule has 0 saturated heterocycles. The van der Waals surface area contributed by atoms with Gasteiger partial charge >= 0.3 is 58.7 Å². The molecule has 132 valence electrons. The van der Waals surface area contributed by atoms with Crippen LogP contribution in [-0.4, -0.2) is 0 Å². The third-order valence-corrected chi connectivity index (χ3v) is 0. The zero-order chi connectivity index (χ0) is 24.0. The minimum Gasteiger partial charge on any atom is -0.512 e. The Morgan fingerprint density at radius 3 is 0.185 bits per heavy atom. The van der Waals surface area contributed by atoms with Crippen molar-refractivity contribution in [3.63, 3.8) is 0 Å². The summed E-state index contributed by atoms with van der Waals surface area (Å²) >= 11 is 0. The summed E-state index contributed by atoms with van der Waals surface area (Å²) in [4.78, 5) is 0. The quantitative estimate of drug-likeness (QED) is 0.253. The summed E-state index contributed by atoms with van der Waals surface area (Å²) in [6, 6.07) is 0. The Labute approximate surface area is 199 Å². The van der Waals surface area contributed by atoms with Crippen molar-refractivity contribution < 1.29 is 58.7 Å². The number of hydrogen-bond acceptors (Lipinski definition) is 12. The number of hydrogen-bond donors (Lipinski definition) is 0. The van der Waals surface area contributed by atoms with Gasteiger partial charge in [-0.3, -0.25) is 0 Å². The van der Waals surface area contributed by atoms with Gasteiger partial charge in [0, 0.05) is 0 Å². The molecule has 0 atom stereocenters. The van der Waals surface area contributed by atoms with Crippen molar-refractivity contribution >= 4 is 0 Å². The first-order valence-corrected chi connectivity index (χ1v) is 2.68. The molecule has 0 aliphatic rings. The van der Waals surface area contributed by atoms with Crippen molar-refractivity contribution in [2.45, 2.75) is 0 Å². The van der Waals surface area contributed by atoms with Gasteiger partial charge in [0.25, 0.3) is 0 Å². The zero-order valence-corrected chi connectivity index (χ0v) is 18.4. The average molecular weight is 705 g/mol. The fraction of sp³-hybridized carbons (Fsp3) is 0. The SMILES string of the molecule is [C-]#N.[C-]#N.[C-]#N.[C-]#N.[C-]#N.[C-]#N.[C-]#N.[C-]#N.[C-]#N.[C-]#N.[C-]#N.[C-]#N.[Os+4].[Ru+4].[Ru+4]. The maximum Gasteiger partial charge on any atom is 4.00 e. The van der Waals surface area contributed by atoms with Crippen molar-refractivity contribution in [2.75, 3.05) is 0 Å². The van der Waals surface area contributed by atoms with Crippen molar-refractivity contribution in [1.29, 1.82) is 63.1 Å². The van der Waals surface area contributed by atoms with E-state index in [9.17, 15) is 0 Å². The van der Waals surface area contributed by atoms with Crippen LogP contribution in [0.15, 0.2) is 0 Å².